The Balaban J connectivity index is 1.88. The zero-order valence-corrected chi connectivity index (χ0v) is 10.1. The van der Waals surface area contributed by atoms with Crippen LogP contribution in [0.15, 0.2) is 11.6 Å². The molecule has 2 heterocycles. The Hall–Kier alpha value is -0.610. The van der Waals surface area contributed by atoms with Gasteiger partial charge in [0.15, 0.2) is 5.13 Å². The SMILES string of the molecule is CC(C)C1CC(Nc2nccs2)CCO1. The molecule has 1 aliphatic rings. The van der Waals surface area contributed by atoms with Crippen LogP contribution in [-0.4, -0.2) is 23.7 Å². The summed E-state index contributed by atoms with van der Waals surface area (Å²) in [4.78, 5) is 4.25. The van der Waals surface area contributed by atoms with Crippen LogP contribution in [-0.2, 0) is 4.74 Å². The Kier molecular flexibility index (Phi) is 3.59. The van der Waals surface area contributed by atoms with Crippen LogP contribution in [0.1, 0.15) is 26.7 Å². The molecular formula is C11H18N2OS. The van der Waals surface area contributed by atoms with Crippen LogP contribution in [0.5, 0.6) is 0 Å². The lowest BCUT2D eigenvalue weighted by Crippen LogP contribution is -2.36. The Morgan fingerprint density at radius 1 is 1.60 bits per heavy atom. The molecule has 0 radical (unpaired) electrons. The van der Waals surface area contributed by atoms with Gasteiger partial charge in [-0.05, 0) is 18.8 Å². The molecule has 0 bridgehead atoms. The second kappa shape index (κ2) is 4.94. The van der Waals surface area contributed by atoms with E-state index in [1.54, 1.807) is 11.3 Å². The molecule has 1 N–H and O–H groups in total. The van der Waals surface area contributed by atoms with Gasteiger partial charge in [-0.2, -0.15) is 0 Å². The molecule has 1 aromatic heterocycles. The number of hydrogen-bond donors (Lipinski definition) is 1. The Bertz CT molecular complexity index is 287. The van der Waals surface area contributed by atoms with Crippen molar-refractivity contribution < 1.29 is 4.74 Å². The number of thiazole rings is 1. The molecule has 1 fully saturated rings. The van der Waals surface area contributed by atoms with Crippen LogP contribution in [0.3, 0.4) is 0 Å². The number of nitrogens with zero attached hydrogens (tertiary/aromatic N) is 1. The Morgan fingerprint density at radius 3 is 3.13 bits per heavy atom. The fraction of sp³-hybridized carbons (Fsp3) is 0.727. The summed E-state index contributed by atoms with van der Waals surface area (Å²) in [7, 11) is 0. The molecule has 3 nitrogen and oxygen atoms in total. The molecular weight excluding hydrogens is 208 g/mol. The molecule has 2 atom stereocenters. The largest absolute Gasteiger partial charge is 0.378 e. The summed E-state index contributed by atoms with van der Waals surface area (Å²) in [6.07, 6.45) is 4.42. The minimum atomic E-state index is 0.399. The molecule has 84 valence electrons. The van der Waals surface area contributed by atoms with Gasteiger partial charge in [0.1, 0.15) is 0 Å². The first kappa shape index (κ1) is 10.9. The van der Waals surface area contributed by atoms with Crippen molar-refractivity contribution in [3.05, 3.63) is 11.6 Å². The van der Waals surface area contributed by atoms with E-state index >= 15 is 0 Å². The van der Waals surface area contributed by atoms with E-state index in [9.17, 15) is 0 Å². The number of nitrogens with one attached hydrogen (secondary N) is 1. The lowest BCUT2D eigenvalue weighted by molar-refractivity contribution is -0.0160. The molecule has 0 spiro atoms. The summed E-state index contributed by atoms with van der Waals surface area (Å²) >= 11 is 1.66. The smallest absolute Gasteiger partial charge is 0.182 e. The molecule has 1 aliphatic heterocycles. The molecule has 2 rings (SSSR count). The zero-order chi connectivity index (χ0) is 10.7. The average Bonchev–Trinajstić information content (AvgIpc) is 2.71. The standard InChI is InChI=1S/C11H18N2OS/c1-8(2)10-7-9(3-5-14-10)13-11-12-4-6-15-11/h4,6,8-10H,3,5,7H2,1-2H3,(H,12,13). The van der Waals surface area contributed by atoms with E-state index < -0.39 is 0 Å². The van der Waals surface area contributed by atoms with E-state index in [-0.39, 0.29) is 0 Å². The third-order valence-corrected chi connectivity index (χ3v) is 3.52. The van der Waals surface area contributed by atoms with Gasteiger partial charge in [-0.25, -0.2) is 4.98 Å². The van der Waals surface area contributed by atoms with Crippen molar-refractivity contribution in [2.24, 2.45) is 5.92 Å². The van der Waals surface area contributed by atoms with Crippen LogP contribution >= 0.6 is 11.3 Å². The summed E-state index contributed by atoms with van der Waals surface area (Å²) in [5, 5.41) is 6.51. The Morgan fingerprint density at radius 2 is 2.47 bits per heavy atom. The van der Waals surface area contributed by atoms with Crippen LogP contribution in [0.4, 0.5) is 5.13 Å². The van der Waals surface area contributed by atoms with Gasteiger partial charge in [0.05, 0.1) is 6.10 Å². The van der Waals surface area contributed by atoms with E-state index in [2.05, 4.69) is 24.1 Å². The molecule has 15 heavy (non-hydrogen) atoms. The highest BCUT2D eigenvalue weighted by Crippen LogP contribution is 2.23. The van der Waals surface area contributed by atoms with Crippen molar-refractivity contribution >= 4 is 16.5 Å². The van der Waals surface area contributed by atoms with E-state index in [1.807, 2.05) is 11.6 Å². The van der Waals surface area contributed by atoms with E-state index in [4.69, 9.17) is 4.74 Å². The molecule has 2 unspecified atom stereocenters. The molecule has 0 saturated carbocycles. The summed E-state index contributed by atoms with van der Waals surface area (Å²) in [5.74, 6) is 0.603. The molecule has 4 heteroatoms. The maximum absolute atomic E-state index is 5.73. The molecule has 0 aromatic carbocycles. The van der Waals surface area contributed by atoms with Crippen molar-refractivity contribution in [3.8, 4) is 0 Å². The second-order valence-electron chi connectivity index (χ2n) is 4.36. The Labute approximate surface area is 94.9 Å². The van der Waals surface area contributed by atoms with E-state index in [0.29, 0.717) is 18.1 Å². The number of anilines is 1. The average molecular weight is 226 g/mol. The number of ether oxygens (including phenoxy) is 1. The van der Waals surface area contributed by atoms with Gasteiger partial charge in [0.25, 0.3) is 0 Å². The van der Waals surface area contributed by atoms with Gasteiger partial charge in [0, 0.05) is 24.2 Å². The third kappa shape index (κ3) is 2.92. The highest BCUT2D eigenvalue weighted by Gasteiger charge is 2.24. The van der Waals surface area contributed by atoms with Crippen molar-refractivity contribution in [1.82, 2.24) is 4.98 Å². The van der Waals surface area contributed by atoms with Gasteiger partial charge in [-0.1, -0.05) is 13.8 Å². The van der Waals surface area contributed by atoms with Crippen molar-refractivity contribution in [2.75, 3.05) is 11.9 Å². The number of aromatic nitrogens is 1. The fourth-order valence-corrected chi connectivity index (χ4v) is 2.50. The minimum absolute atomic E-state index is 0.399. The van der Waals surface area contributed by atoms with Crippen molar-refractivity contribution in [1.29, 1.82) is 0 Å². The summed E-state index contributed by atoms with van der Waals surface area (Å²) in [6.45, 7) is 5.30. The molecule has 1 aromatic rings. The van der Waals surface area contributed by atoms with Crippen LogP contribution in [0.25, 0.3) is 0 Å². The number of rotatable bonds is 3. The molecule has 0 amide bonds. The fourth-order valence-electron chi connectivity index (χ4n) is 1.89. The summed E-state index contributed by atoms with van der Waals surface area (Å²) in [6, 6.07) is 0.525. The van der Waals surface area contributed by atoms with E-state index in [0.717, 1.165) is 24.6 Å². The van der Waals surface area contributed by atoms with Gasteiger partial charge in [-0.3, -0.25) is 0 Å². The molecule has 1 saturated heterocycles. The first-order valence-corrected chi connectivity index (χ1v) is 6.41. The van der Waals surface area contributed by atoms with Crippen LogP contribution < -0.4 is 5.32 Å². The summed E-state index contributed by atoms with van der Waals surface area (Å²) in [5.41, 5.74) is 0. The van der Waals surface area contributed by atoms with Gasteiger partial charge in [-0.15, -0.1) is 11.3 Å². The summed E-state index contributed by atoms with van der Waals surface area (Å²) < 4.78 is 5.73. The van der Waals surface area contributed by atoms with Gasteiger partial charge < -0.3 is 10.1 Å². The second-order valence-corrected chi connectivity index (χ2v) is 5.25. The topological polar surface area (TPSA) is 34.2 Å². The predicted octanol–water partition coefficient (Wildman–Crippen LogP) is 2.76. The number of hydrogen-bond acceptors (Lipinski definition) is 4. The van der Waals surface area contributed by atoms with E-state index in [1.165, 1.54) is 0 Å². The minimum Gasteiger partial charge on any atom is -0.378 e. The quantitative estimate of drug-likeness (QED) is 0.860. The highest BCUT2D eigenvalue weighted by molar-refractivity contribution is 7.13. The van der Waals surface area contributed by atoms with Crippen molar-refractivity contribution in [2.45, 2.75) is 38.8 Å². The van der Waals surface area contributed by atoms with Gasteiger partial charge >= 0.3 is 0 Å². The van der Waals surface area contributed by atoms with Crippen molar-refractivity contribution in [3.63, 3.8) is 0 Å². The lowest BCUT2D eigenvalue weighted by Gasteiger charge is -2.32. The highest BCUT2D eigenvalue weighted by atomic mass is 32.1. The molecule has 0 aliphatic carbocycles. The lowest BCUT2D eigenvalue weighted by atomic mass is 9.95. The third-order valence-electron chi connectivity index (χ3n) is 2.82. The first-order chi connectivity index (χ1) is 7.25. The predicted molar refractivity (Wildman–Crippen MR) is 63.3 cm³/mol. The maximum atomic E-state index is 5.73. The zero-order valence-electron chi connectivity index (χ0n) is 9.27. The normalized spacial score (nSPS) is 26.9. The monoisotopic (exact) mass is 226 g/mol. The maximum Gasteiger partial charge on any atom is 0.182 e. The van der Waals surface area contributed by atoms with Crippen LogP contribution in [0.2, 0.25) is 0 Å². The van der Waals surface area contributed by atoms with Crippen LogP contribution in [0, 0.1) is 5.92 Å². The first-order valence-electron chi connectivity index (χ1n) is 5.53. The van der Waals surface area contributed by atoms with Gasteiger partial charge in [0.2, 0.25) is 0 Å².